The van der Waals surface area contributed by atoms with Crippen molar-refractivity contribution in [2.75, 3.05) is 0 Å². The van der Waals surface area contributed by atoms with Crippen LogP contribution in [-0.4, -0.2) is 0 Å². The van der Waals surface area contributed by atoms with Crippen molar-refractivity contribution in [1.82, 2.24) is 0 Å². The summed E-state index contributed by atoms with van der Waals surface area (Å²) in [5.41, 5.74) is 7.75. The van der Waals surface area contributed by atoms with Gasteiger partial charge in [-0.25, -0.2) is 4.39 Å². The Labute approximate surface area is 113 Å². The molecule has 1 atom stereocenters. The molecule has 0 saturated carbocycles. The fourth-order valence-corrected chi connectivity index (χ4v) is 3.24. The molecule has 17 heavy (non-hydrogen) atoms. The van der Waals surface area contributed by atoms with E-state index in [1.54, 1.807) is 24.3 Å². The monoisotopic (exact) mass is 313 g/mol. The predicted octanol–water partition coefficient (Wildman–Crippen LogP) is 4.20. The van der Waals surface area contributed by atoms with Gasteiger partial charge in [0, 0.05) is 17.3 Å². The van der Waals surface area contributed by atoms with E-state index in [1.165, 1.54) is 10.9 Å². The van der Waals surface area contributed by atoms with Crippen LogP contribution in [0.1, 0.15) is 22.0 Å². The molecule has 2 rings (SSSR count). The average molecular weight is 314 g/mol. The zero-order chi connectivity index (χ0) is 12.4. The van der Waals surface area contributed by atoms with Crippen LogP contribution in [0, 0.1) is 12.7 Å². The minimum Gasteiger partial charge on any atom is -0.324 e. The summed E-state index contributed by atoms with van der Waals surface area (Å²) < 4.78 is 14.3. The third-order valence-electron chi connectivity index (χ3n) is 2.66. The van der Waals surface area contributed by atoms with Gasteiger partial charge in [-0.2, -0.15) is 0 Å². The number of hydrogen-bond acceptors (Lipinski definition) is 2. The van der Waals surface area contributed by atoms with Crippen molar-refractivity contribution in [3.63, 3.8) is 0 Å². The Morgan fingerprint density at radius 3 is 2.71 bits per heavy atom. The van der Waals surface area contributed by atoms with E-state index in [4.69, 9.17) is 5.73 Å². The Morgan fingerprint density at radius 1 is 1.35 bits per heavy atom. The molecule has 1 nitrogen and oxygen atoms in total. The topological polar surface area (TPSA) is 26.0 Å². The Morgan fingerprint density at radius 2 is 2.12 bits per heavy atom. The number of thiophene rings is 1. The highest BCUT2D eigenvalue weighted by Gasteiger charge is 2.10. The Balaban J connectivity index is 2.14. The lowest BCUT2D eigenvalue weighted by molar-refractivity contribution is 0.615. The smallest absolute Gasteiger partial charge is 0.126 e. The standard InChI is InChI=1S/C13H13BrFNS/c1-8-6-9(2-4-11(8)15)12(16)7-10-3-5-13(14)17-10/h2-6,12H,7,16H2,1H3. The van der Waals surface area contributed by atoms with E-state index < -0.39 is 0 Å². The Kier molecular flexibility index (Phi) is 3.97. The van der Waals surface area contributed by atoms with Crippen LogP contribution >= 0.6 is 27.3 Å². The number of aryl methyl sites for hydroxylation is 1. The summed E-state index contributed by atoms with van der Waals surface area (Å²) in [6.45, 7) is 1.76. The van der Waals surface area contributed by atoms with Gasteiger partial charge in [0.15, 0.2) is 0 Å². The average Bonchev–Trinajstić information content (AvgIpc) is 2.68. The third kappa shape index (κ3) is 3.15. The van der Waals surface area contributed by atoms with Crippen molar-refractivity contribution in [1.29, 1.82) is 0 Å². The number of hydrogen-bond donors (Lipinski definition) is 1. The van der Waals surface area contributed by atoms with Crippen LogP contribution in [0.4, 0.5) is 4.39 Å². The third-order valence-corrected chi connectivity index (χ3v) is 4.31. The summed E-state index contributed by atoms with van der Waals surface area (Å²) in [4.78, 5) is 1.23. The summed E-state index contributed by atoms with van der Waals surface area (Å²) in [7, 11) is 0. The first-order valence-electron chi connectivity index (χ1n) is 5.32. The van der Waals surface area contributed by atoms with Gasteiger partial charge in [-0.05, 0) is 52.2 Å². The molecule has 1 aromatic heterocycles. The molecule has 4 heteroatoms. The van der Waals surface area contributed by atoms with Gasteiger partial charge < -0.3 is 5.73 Å². The maximum absolute atomic E-state index is 13.1. The fourth-order valence-electron chi connectivity index (χ4n) is 1.69. The maximum Gasteiger partial charge on any atom is 0.126 e. The van der Waals surface area contributed by atoms with E-state index in [1.807, 2.05) is 12.1 Å². The second-order valence-corrected chi connectivity index (χ2v) is 6.57. The number of nitrogens with two attached hydrogens (primary N) is 1. The van der Waals surface area contributed by atoms with Crippen LogP contribution in [-0.2, 0) is 6.42 Å². The molecule has 0 radical (unpaired) electrons. The van der Waals surface area contributed by atoms with Crippen LogP contribution in [0.3, 0.4) is 0 Å². The number of halogens is 2. The first-order valence-corrected chi connectivity index (χ1v) is 6.93. The lowest BCUT2D eigenvalue weighted by Gasteiger charge is -2.11. The quantitative estimate of drug-likeness (QED) is 0.903. The zero-order valence-corrected chi connectivity index (χ0v) is 11.8. The summed E-state index contributed by atoms with van der Waals surface area (Å²) in [6.07, 6.45) is 0.779. The van der Waals surface area contributed by atoms with Crippen molar-refractivity contribution in [3.05, 3.63) is 55.9 Å². The molecule has 0 bridgehead atoms. The second kappa shape index (κ2) is 5.29. The summed E-state index contributed by atoms with van der Waals surface area (Å²) in [5.74, 6) is -0.181. The molecule has 2 aromatic rings. The normalized spacial score (nSPS) is 12.7. The molecule has 2 N–H and O–H groups in total. The molecule has 0 saturated heterocycles. The highest BCUT2D eigenvalue weighted by molar-refractivity contribution is 9.11. The molecular formula is C13H13BrFNS. The van der Waals surface area contributed by atoms with E-state index in [0.717, 1.165) is 15.8 Å². The molecule has 1 aromatic carbocycles. The van der Waals surface area contributed by atoms with Gasteiger partial charge in [0.1, 0.15) is 5.82 Å². The first-order chi connectivity index (χ1) is 8.06. The fraction of sp³-hybridized carbons (Fsp3) is 0.231. The Bertz CT molecular complexity index is 524. The van der Waals surface area contributed by atoms with Gasteiger partial charge in [0.2, 0.25) is 0 Å². The highest BCUT2D eigenvalue weighted by Crippen LogP contribution is 2.26. The van der Waals surface area contributed by atoms with Gasteiger partial charge >= 0.3 is 0 Å². The lowest BCUT2D eigenvalue weighted by Crippen LogP contribution is -2.13. The summed E-state index contributed by atoms with van der Waals surface area (Å²) in [5, 5.41) is 0. The Hall–Kier alpha value is -0.710. The number of rotatable bonds is 3. The van der Waals surface area contributed by atoms with Gasteiger partial charge in [-0.15, -0.1) is 11.3 Å². The van der Waals surface area contributed by atoms with Crippen LogP contribution < -0.4 is 5.73 Å². The largest absolute Gasteiger partial charge is 0.324 e. The SMILES string of the molecule is Cc1cc(C(N)Cc2ccc(Br)s2)ccc1F. The molecule has 0 fully saturated rings. The zero-order valence-electron chi connectivity index (χ0n) is 9.41. The molecule has 0 aliphatic carbocycles. The highest BCUT2D eigenvalue weighted by atomic mass is 79.9. The van der Waals surface area contributed by atoms with Gasteiger partial charge in [0.05, 0.1) is 3.79 Å². The maximum atomic E-state index is 13.1. The van der Waals surface area contributed by atoms with Gasteiger partial charge in [-0.3, -0.25) is 0 Å². The van der Waals surface area contributed by atoms with Crippen LogP contribution in [0.25, 0.3) is 0 Å². The van der Waals surface area contributed by atoms with Crippen molar-refractivity contribution >= 4 is 27.3 Å². The second-order valence-electron chi connectivity index (χ2n) is 4.03. The van der Waals surface area contributed by atoms with E-state index in [-0.39, 0.29) is 11.9 Å². The lowest BCUT2D eigenvalue weighted by atomic mass is 10.0. The molecule has 0 spiro atoms. The van der Waals surface area contributed by atoms with Crippen LogP contribution in [0.15, 0.2) is 34.1 Å². The molecule has 1 unspecified atom stereocenters. The van der Waals surface area contributed by atoms with Gasteiger partial charge in [0.25, 0.3) is 0 Å². The predicted molar refractivity (Wildman–Crippen MR) is 73.8 cm³/mol. The minimum absolute atomic E-state index is 0.0835. The first kappa shape index (κ1) is 12.7. The van der Waals surface area contributed by atoms with Crippen LogP contribution in [0.2, 0.25) is 0 Å². The number of benzene rings is 1. The summed E-state index contributed by atoms with van der Waals surface area (Å²) in [6, 6.07) is 9.06. The molecule has 0 aliphatic heterocycles. The van der Waals surface area contributed by atoms with Crippen molar-refractivity contribution < 1.29 is 4.39 Å². The van der Waals surface area contributed by atoms with Crippen molar-refractivity contribution in [3.8, 4) is 0 Å². The van der Waals surface area contributed by atoms with Crippen molar-refractivity contribution in [2.45, 2.75) is 19.4 Å². The van der Waals surface area contributed by atoms with E-state index in [0.29, 0.717) is 5.56 Å². The van der Waals surface area contributed by atoms with E-state index in [2.05, 4.69) is 22.0 Å². The minimum atomic E-state index is -0.181. The summed E-state index contributed by atoms with van der Waals surface area (Å²) >= 11 is 5.11. The molecule has 0 amide bonds. The molecule has 90 valence electrons. The van der Waals surface area contributed by atoms with Crippen molar-refractivity contribution in [2.24, 2.45) is 5.73 Å². The van der Waals surface area contributed by atoms with Crippen LogP contribution in [0.5, 0.6) is 0 Å². The van der Waals surface area contributed by atoms with E-state index in [9.17, 15) is 4.39 Å². The van der Waals surface area contributed by atoms with E-state index >= 15 is 0 Å². The van der Waals surface area contributed by atoms with Gasteiger partial charge in [-0.1, -0.05) is 12.1 Å². The molecule has 1 heterocycles. The molecular weight excluding hydrogens is 301 g/mol. The molecule has 0 aliphatic rings.